The smallest absolute Gasteiger partial charge is 0.270 e. The minimum Gasteiger partial charge on any atom is -0.379 e. The van der Waals surface area contributed by atoms with Crippen molar-refractivity contribution >= 4 is 23.2 Å². The lowest BCUT2D eigenvalue weighted by molar-refractivity contribution is 0.0383. The summed E-state index contributed by atoms with van der Waals surface area (Å²) >= 11 is 0. The molecule has 28 heavy (non-hydrogen) atoms. The SMILES string of the molecule is CC(=O)c1cccc(Nc2cc(C(=O)NCCN3CCOCC3)nc(C)n2)c1. The Hall–Kier alpha value is -2.84. The van der Waals surface area contributed by atoms with Crippen LogP contribution in [0, 0.1) is 6.92 Å². The Labute approximate surface area is 164 Å². The van der Waals surface area contributed by atoms with E-state index in [4.69, 9.17) is 4.74 Å². The Morgan fingerprint density at radius 1 is 1.18 bits per heavy atom. The van der Waals surface area contributed by atoms with Crippen LogP contribution in [0.15, 0.2) is 30.3 Å². The lowest BCUT2D eigenvalue weighted by Crippen LogP contribution is -2.41. The lowest BCUT2D eigenvalue weighted by atomic mass is 10.1. The van der Waals surface area contributed by atoms with Crippen LogP contribution in [0.4, 0.5) is 11.5 Å². The van der Waals surface area contributed by atoms with Gasteiger partial charge in [0, 0.05) is 43.5 Å². The van der Waals surface area contributed by atoms with Crippen LogP contribution >= 0.6 is 0 Å². The van der Waals surface area contributed by atoms with Gasteiger partial charge in [-0.25, -0.2) is 9.97 Å². The predicted molar refractivity (Wildman–Crippen MR) is 106 cm³/mol. The van der Waals surface area contributed by atoms with E-state index in [2.05, 4.69) is 25.5 Å². The van der Waals surface area contributed by atoms with Crippen molar-refractivity contribution < 1.29 is 14.3 Å². The van der Waals surface area contributed by atoms with Crippen LogP contribution in [-0.2, 0) is 4.74 Å². The van der Waals surface area contributed by atoms with E-state index in [0.29, 0.717) is 29.4 Å². The molecule has 0 saturated carbocycles. The fourth-order valence-corrected chi connectivity index (χ4v) is 2.95. The summed E-state index contributed by atoms with van der Waals surface area (Å²) in [5, 5.41) is 6.04. The fourth-order valence-electron chi connectivity index (χ4n) is 2.95. The summed E-state index contributed by atoms with van der Waals surface area (Å²) in [6, 6.07) is 8.75. The number of amides is 1. The van der Waals surface area contributed by atoms with Gasteiger partial charge < -0.3 is 15.4 Å². The number of aromatic nitrogens is 2. The van der Waals surface area contributed by atoms with E-state index >= 15 is 0 Å². The van der Waals surface area contributed by atoms with E-state index in [1.807, 2.05) is 6.07 Å². The molecule has 148 valence electrons. The highest BCUT2D eigenvalue weighted by Gasteiger charge is 2.13. The van der Waals surface area contributed by atoms with Crippen LogP contribution in [0.2, 0.25) is 0 Å². The van der Waals surface area contributed by atoms with Crippen molar-refractivity contribution in [1.82, 2.24) is 20.2 Å². The second-order valence-corrected chi connectivity index (χ2v) is 6.66. The molecular formula is C20H25N5O3. The quantitative estimate of drug-likeness (QED) is 0.704. The van der Waals surface area contributed by atoms with Crippen molar-refractivity contribution in [2.75, 3.05) is 44.7 Å². The minimum absolute atomic E-state index is 0.0112. The molecule has 1 aliphatic rings. The number of hydrogen-bond acceptors (Lipinski definition) is 7. The molecule has 2 heterocycles. The molecular weight excluding hydrogens is 358 g/mol. The molecule has 1 amide bonds. The zero-order valence-corrected chi connectivity index (χ0v) is 16.2. The number of anilines is 2. The molecule has 1 aromatic heterocycles. The van der Waals surface area contributed by atoms with Crippen LogP contribution in [-0.4, -0.2) is 66.0 Å². The van der Waals surface area contributed by atoms with Crippen LogP contribution in [0.5, 0.6) is 0 Å². The summed E-state index contributed by atoms with van der Waals surface area (Å²) in [7, 11) is 0. The zero-order chi connectivity index (χ0) is 19.9. The van der Waals surface area contributed by atoms with Gasteiger partial charge in [-0.15, -0.1) is 0 Å². The predicted octanol–water partition coefficient (Wildman–Crippen LogP) is 1.79. The van der Waals surface area contributed by atoms with Gasteiger partial charge in [-0.3, -0.25) is 14.5 Å². The number of rotatable bonds is 7. The Kier molecular flexibility index (Phi) is 6.67. The molecule has 2 aromatic rings. The molecule has 8 nitrogen and oxygen atoms in total. The minimum atomic E-state index is -0.237. The third-order valence-corrected chi connectivity index (χ3v) is 4.43. The van der Waals surface area contributed by atoms with Gasteiger partial charge >= 0.3 is 0 Å². The number of carbonyl (C=O) groups excluding carboxylic acids is 2. The van der Waals surface area contributed by atoms with Gasteiger partial charge in [0.15, 0.2) is 5.78 Å². The molecule has 8 heteroatoms. The molecule has 0 unspecified atom stereocenters. The van der Waals surface area contributed by atoms with Gasteiger partial charge in [0.1, 0.15) is 17.3 Å². The first-order valence-corrected chi connectivity index (χ1v) is 9.33. The van der Waals surface area contributed by atoms with Crippen molar-refractivity contribution in [2.45, 2.75) is 13.8 Å². The van der Waals surface area contributed by atoms with Crippen molar-refractivity contribution in [3.05, 3.63) is 47.4 Å². The number of carbonyl (C=O) groups is 2. The van der Waals surface area contributed by atoms with Crippen molar-refractivity contribution in [2.24, 2.45) is 0 Å². The summed E-state index contributed by atoms with van der Waals surface area (Å²) in [6.07, 6.45) is 0. The number of nitrogens with zero attached hydrogens (tertiary/aromatic N) is 3. The van der Waals surface area contributed by atoms with Crippen LogP contribution in [0.3, 0.4) is 0 Å². The maximum absolute atomic E-state index is 12.5. The molecule has 3 rings (SSSR count). The van der Waals surface area contributed by atoms with E-state index in [1.165, 1.54) is 6.92 Å². The van der Waals surface area contributed by atoms with E-state index in [-0.39, 0.29) is 11.7 Å². The second-order valence-electron chi connectivity index (χ2n) is 6.66. The van der Waals surface area contributed by atoms with Gasteiger partial charge in [0.25, 0.3) is 5.91 Å². The molecule has 1 saturated heterocycles. The third kappa shape index (κ3) is 5.58. The van der Waals surface area contributed by atoms with Gasteiger partial charge in [0.05, 0.1) is 13.2 Å². The van der Waals surface area contributed by atoms with Gasteiger partial charge in [-0.05, 0) is 26.0 Å². The molecule has 0 bridgehead atoms. The Balaban J connectivity index is 1.62. The number of morpholine rings is 1. The van der Waals surface area contributed by atoms with Crippen LogP contribution < -0.4 is 10.6 Å². The molecule has 1 aliphatic heterocycles. The number of hydrogen-bond donors (Lipinski definition) is 2. The Morgan fingerprint density at radius 3 is 2.71 bits per heavy atom. The fraction of sp³-hybridized carbons (Fsp3) is 0.400. The van der Waals surface area contributed by atoms with E-state index in [0.717, 1.165) is 38.5 Å². The van der Waals surface area contributed by atoms with Crippen molar-refractivity contribution in [1.29, 1.82) is 0 Å². The topological polar surface area (TPSA) is 96.5 Å². The standard InChI is InChI=1S/C20H25N5O3/c1-14(26)16-4-3-5-17(12-16)24-19-13-18(22-15(2)23-19)20(27)21-6-7-25-8-10-28-11-9-25/h3-5,12-13H,6-11H2,1-2H3,(H,21,27)(H,22,23,24). The molecule has 1 aromatic carbocycles. The maximum atomic E-state index is 12.5. The molecule has 2 N–H and O–H groups in total. The van der Waals surface area contributed by atoms with E-state index in [1.54, 1.807) is 31.2 Å². The maximum Gasteiger partial charge on any atom is 0.270 e. The second kappa shape index (κ2) is 9.38. The van der Waals surface area contributed by atoms with Gasteiger partial charge in [0.2, 0.25) is 0 Å². The highest BCUT2D eigenvalue weighted by Crippen LogP contribution is 2.17. The summed E-state index contributed by atoms with van der Waals surface area (Å²) < 4.78 is 5.32. The monoisotopic (exact) mass is 383 g/mol. The van der Waals surface area contributed by atoms with Gasteiger partial charge in [-0.2, -0.15) is 0 Å². The van der Waals surface area contributed by atoms with Crippen LogP contribution in [0.25, 0.3) is 0 Å². The number of ketones is 1. The average molecular weight is 383 g/mol. The number of aryl methyl sites for hydroxylation is 1. The number of ether oxygens (including phenoxy) is 1. The normalized spacial score (nSPS) is 14.5. The summed E-state index contributed by atoms with van der Waals surface area (Å²) in [5.41, 5.74) is 1.64. The number of benzene rings is 1. The van der Waals surface area contributed by atoms with Crippen molar-refractivity contribution in [3.63, 3.8) is 0 Å². The molecule has 0 aliphatic carbocycles. The Morgan fingerprint density at radius 2 is 1.96 bits per heavy atom. The van der Waals surface area contributed by atoms with E-state index in [9.17, 15) is 9.59 Å². The molecule has 0 radical (unpaired) electrons. The van der Waals surface area contributed by atoms with E-state index < -0.39 is 0 Å². The summed E-state index contributed by atoms with van der Waals surface area (Å²) in [4.78, 5) is 34.8. The number of Topliss-reactive ketones (excluding diaryl/α,β-unsaturated/α-hetero) is 1. The first kappa shape index (κ1) is 19.9. The third-order valence-electron chi connectivity index (χ3n) is 4.43. The summed E-state index contributed by atoms with van der Waals surface area (Å²) in [6.45, 7) is 7.83. The highest BCUT2D eigenvalue weighted by atomic mass is 16.5. The summed E-state index contributed by atoms with van der Waals surface area (Å²) in [5.74, 6) is 0.750. The molecule has 0 spiro atoms. The number of nitrogens with one attached hydrogen (secondary N) is 2. The first-order chi connectivity index (χ1) is 13.5. The lowest BCUT2D eigenvalue weighted by Gasteiger charge is -2.26. The highest BCUT2D eigenvalue weighted by molar-refractivity contribution is 5.95. The average Bonchev–Trinajstić information content (AvgIpc) is 2.68. The molecule has 1 fully saturated rings. The molecule has 0 atom stereocenters. The van der Waals surface area contributed by atoms with Gasteiger partial charge in [-0.1, -0.05) is 12.1 Å². The first-order valence-electron chi connectivity index (χ1n) is 9.33. The largest absolute Gasteiger partial charge is 0.379 e. The zero-order valence-electron chi connectivity index (χ0n) is 16.2. The van der Waals surface area contributed by atoms with Crippen LogP contribution in [0.1, 0.15) is 33.6 Å². The van der Waals surface area contributed by atoms with Crippen molar-refractivity contribution in [3.8, 4) is 0 Å². The Bertz CT molecular complexity index is 849.